The number of carbonyl (C=O) groups is 1. The fourth-order valence-corrected chi connectivity index (χ4v) is 1.67. The van der Waals surface area contributed by atoms with Gasteiger partial charge in [0, 0.05) is 6.42 Å². The van der Waals surface area contributed by atoms with Gasteiger partial charge in [0.15, 0.2) is 0 Å². The maximum Gasteiger partial charge on any atom is 0.312 e. The Labute approximate surface area is 80.1 Å². The van der Waals surface area contributed by atoms with Gasteiger partial charge in [-0.25, -0.2) is 0 Å². The van der Waals surface area contributed by atoms with E-state index in [1.165, 1.54) is 11.3 Å². The summed E-state index contributed by atoms with van der Waals surface area (Å²) in [7, 11) is 0. The van der Waals surface area contributed by atoms with Gasteiger partial charge in [0.05, 0.1) is 5.02 Å². The monoisotopic (exact) mass is 204 g/mol. The first-order chi connectivity index (χ1) is 5.74. The highest BCUT2D eigenvalue weighted by Gasteiger charge is 2.07. The average Bonchev–Trinajstić information content (AvgIpc) is 2.37. The number of hydrogen-bond donors (Lipinski definition) is 0. The van der Waals surface area contributed by atoms with Gasteiger partial charge in [0.1, 0.15) is 0 Å². The van der Waals surface area contributed by atoms with Crippen molar-refractivity contribution >= 4 is 28.9 Å². The molecule has 0 saturated carbocycles. The summed E-state index contributed by atoms with van der Waals surface area (Å²) in [6, 6.07) is 1.71. The van der Waals surface area contributed by atoms with E-state index in [4.69, 9.17) is 16.3 Å². The van der Waals surface area contributed by atoms with Crippen LogP contribution in [0.2, 0.25) is 5.02 Å². The Morgan fingerprint density at radius 2 is 2.50 bits per heavy atom. The molecule has 0 aliphatic heterocycles. The first-order valence-electron chi connectivity index (χ1n) is 3.67. The highest BCUT2D eigenvalue weighted by Crippen LogP contribution is 2.30. The molecule has 0 aromatic carbocycles. The third kappa shape index (κ3) is 2.50. The van der Waals surface area contributed by atoms with Crippen LogP contribution >= 0.6 is 22.9 Å². The van der Waals surface area contributed by atoms with Crippen LogP contribution in [0.5, 0.6) is 5.06 Å². The second-order valence-corrected chi connectivity index (χ2v) is 3.57. The van der Waals surface area contributed by atoms with Gasteiger partial charge in [-0.15, -0.1) is 11.3 Å². The molecule has 0 radical (unpaired) electrons. The smallest absolute Gasteiger partial charge is 0.312 e. The molecule has 1 aromatic heterocycles. The number of rotatable bonds is 3. The van der Waals surface area contributed by atoms with Crippen molar-refractivity contribution in [3.63, 3.8) is 0 Å². The maximum atomic E-state index is 11.0. The van der Waals surface area contributed by atoms with Crippen molar-refractivity contribution in [2.75, 3.05) is 0 Å². The molecule has 0 N–H and O–H groups in total. The molecule has 12 heavy (non-hydrogen) atoms. The lowest BCUT2D eigenvalue weighted by Gasteiger charge is -1.99. The van der Waals surface area contributed by atoms with Crippen LogP contribution in [0.1, 0.15) is 19.8 Å². The topological polar surface area (TPSA) is 26.3 Å². The summed E-state index contributed by atoms with van der Waals surface area (Å²) in [5.41, 5.74) is 0. The number of hydrogen-bond acceptors (Lipinski definition) is 3. The minimum atomic E-state index is -0.221. The van der Waals surface area contributed by atoms with E-state index in [1.807, 2.05) is 6.92 Å². The Morgan fingerprint density at radius 1 is 1.75 bits per heavy atom. The molecule has 66 valence electrons. The van der Waals surface area contributed by atoms with Crippen LogP contribution in [0.4, 0.5) is 0 Å². The first-order valence-corrected chi connectivity index (χ1v) is 4.93. The van der Waals surface area contributed by atoms with E-state index >= 15 is 0 Å². The van der Waals surface area contributed by atoms with Gasteiger partial charge in [-0.1, -0.05) is 18.5 Å². The number of halogens is 1. The zero-order valence-corrected chi connectivity index (χ0v) is 8.24. The number of thiophene rings is 1. The second kappa shape index (κ2) is 4.48. The van der Waals surface area contributed by atoms with Crippen molar-refractivity contribution in [2.45, 2.75) is 19.8 Å². The summed E-state index contributed by atoms with van der Waals surface area (Å²) in [5.74, 6) is -0.221. The molecule has 0 amide bonds. The molecular formula is C8H9ClO2S. The molecule has 0 saturated heterocycles. The molecule has 0 spiro atoms. The highest BCUT2D eigenvalue weighted by atomic mass is 35.5. The molecule has 0 bridgehead atoms. The van der Waals surface area contributed by atoms with Crippen LogP contribution in [-0.2, 0) is 4.79 Å². The van der Waals surface area contributed by atoms with Gasteiger partial charge >= 0.3 is 5.97 Å². The predicted molar refractivity (Wildman–Crippen MR) is 49.9 cm³/mol. The minimum absolute atomic E-state index is 0.221. The van der Waals surface area contributed by atoms with Crippen molar-refractivity contribution < 1.29 is 9.53 Å². The summed E-state index contributed by atoms with van der Waals surface area (Å²) in [4.78, 5) is 11.0. The van der Waals surface area contributed by atoms with E-state index in [9.17, 15) is 4.79 Å². The highest BCUT2D eigenvalue weighted by molar-refractivity contribution is 7.12. The fourth-order valence-electron chi connectivity index (χ4n) is 0.711. The molecule has 0 atom stereocenters. The van der Waals surface area contributed by atoms with Crippen LogP contribution in [0.15, 0.2) is 11.4 Å². The van der Waals surface area contributed by atoms with Gasteiger partial charge in [-0.05, 0) is 17.9 Å². The fraction of sp³-hybridized carbons (Fsp3) is 0.375. The summed E-state index contributed by atoms with van der Waals surface area (Å²) < 4.78 is 4.97. The lowest BCUT2D eigenvalue weighted by Crippen LogP contribution is -2.05. The Morgan fingerprint density at radius 3 is 3.00 bits per heavy atom. The molecule has 4 heteroatoms. The minimum Gasteiger partial charge on any atom is -0.414 e. The van der Waals surface area contributed by atoms with Gasteiger partial charge in [-0.2, -0.15) is 0 Å². The lowest BCUT2D eigenvalue weighted by atomic mass is 10.3. The molecule has 0 aliphatic rings. The quantitative estimate of drug-likeness (QED) is 0.708. The maximum absolute atomic E-state index is 11.0. The van der Waals surface area contributed by atoms with Crippen molar-refractivity contribution in [1.82, 2.24) is 0 Å². The molecule has 1 aromatic rings. The summed E-state index contributed by atoms with van der Waals surface area (Å²) in [5, 5.41) is 2.79. The normalized spacial score (nSPS) is 9.83. The second-order valence-electron chi connectivity index (χ2n) is 2.28. The first kappa shape index (κ1) is 9.55. The SMILES string of the molecule is CCCC(=O)Oc1sccc1Cl. The molecular weight excluding hydrogens is 196 g/mol. The van der Waals surface area contributed by atoms with Gasteiger partial charge < -0.3 is 4.74 Å². The van der Waals surface area contributed by atoms with Crippen LogP contribution in [0.3, 0.4) is 0 Å². The van der Waals surface area contributed by atoms with E-state index in [0.29, 0.717) is 16.5 Å². The van der Waals surface area contributed by atoms with Crippen LogP contribution in [0.25, 0.3) is 0 Å². The third-order valence-corrected chi connectivity index (χ3v) is 2.44. The van der Waals surface area contributed by atoms with Crippen molar-refractivity contribution in [3.8, 4) is 5.06 Å². The van der Waals surface area contributed by atoms with E-state index < -0.39 is 0 Å². The summed E-state index contributed by atoms with van der Waals surface area (Å²) in [6.45, 7) is 1.93. The summed E-state index contributed by atoms with van der Waals surface area (Å²) >= 11 is 7.05. The zero-order chi connectivity index (χ0) is 8.97. The standard InChI is InChI=1S/C8H9ClO2S/c1-2-3-7(10)11-8-6(9)4-5-12-8/h4-5H,2-3H2,1H3. The van der Waals surface area contributed by atoms with E-state index in [2.05, 4.69) is 0 Å². The van der Waals surface area contributed by atoms with Gasteiger partial charge in [0.25, 0.3) is 0 Å². The predicted octanol–water partition coefficient (Wildman–Crippen LogP) is 3.11. The van der Waals surface area contributed by atoms with Crippen LogP contribution in [-0.4, -0.2) is 5.97 Å². The molecule has 2 nitrogen and oxygen atoms in total. The number of carbonyl (C=O) groups excluding carboxylic acids is 1. The Balaban J connectivity index is 2.52. The Bertz CT molecular complexity index is 270. The van der Waals surface area contributed by atoms with Crippen molar-refractivity contribution in [3.05, 3.63) is 16.5 Å². The molecule has 0 unspecified atom stereocenters. The number of ether oxygens (including phenoxy) is 1. The molecule has 0 aliphatic carbocycles. The van der Waals surface area contributed by atoms with Crippen LogP contribution < -0.4 is 4.74 Å². The number of esters is 1. The third-order valence-electron chi connectivity index (χ3n) is 1.25. The van der Waals surface area contributed by atoms with Crippen molar-refractivity contribution in [1.29, 1.82) is 0 Å². The molecule has 1 heterocycles. The van der Waals surface area contributed by atoms with E-state index in [-0.39, 0.29) is 5.97 Å². The van der Waals surface area contributed by atoms with Crippen LogP contribution in [0, 0.1) is 0 Å². The van der Waals surface area contributed by atoms with Crippen molar-refractivity contribution in [2.24, 2.45) is 0 Å². The van der Waals surface area contributed by atoms with Gasteiger partial charge in [-0.3, -0.25) is 4.79 Å². The average molecular weight is 205 g/mol. The molecule has 0 fully saturated rings. The van der Waals surface area contributed by atoms with E-state index in [1.54, 1.807) is 11.4 Å². The van der Waals surface area contributed by atoms with Gasteiger partial charge in [0.2, 0.25) is 5.06 Å². The van der Waals surface area contributed by atoms with E-state index in [0.717, 1.165) is 6.42 Å². The lowest BCUT2D eigenvalue weighted by molar-refractivity contribution is -0.134. The largest absolute Gasteiger partial charge is 0.414 e. The Kier molecular flexibility index (Phi) is 3.56. The molecule has 1 rings (SSSR count). The summed E-state index contributed by atoms with van der Waals surface area (Å²) in [6.07, 6.45) is 1.23. The Hall–Kier alpha value is -0.540. The zero-order valence-electron chi connectivity index (χ0n) is 6.67.